The molecule has 0 saturated carbocycles. The summed E-state index contributed by atoms with van der Waals surface area (Å²) in [6.45, 7) is 2.13. The SMILES string of the molecule is COCCN1C(=O)C(Nc2ccc(C)c(Cl)c2)=C(c2ccc([N+](=O)[O-])cc2)C1=O. The van der Waals surface area contributed by atoms with Gasteiger partial charge in [-0.05, 0) is 42.3 Å². The molecular formula is C20H18ClN3O5. The van der Waals surface area contributed by atoms with Crippen LogP contribution in [0.3, 0.4) is 0 Å². The molecule has 0 bridgehead atoms. The van der Waals surface area contributed by atoms with Gasteiger partial charge in [-0.25, -0.2) is 0 Å². The van der Waals surface area contributed by atoms with E-state index in [1.165, 1.54) is 31.4 Å². The van der Waals surface area contributed by atoms with Crippen molar-refractivity contribution in [3.8, 4) is 0 Å². The van der Waals surface area contributed by atoms with Crippen LogP contribution in [0.4, 0.5) is 11.4 Å². The Morgan fingerprint density at radius 1 is 1.14 bits per heavy atom. The van der Waals surface area contributed by atoms with Gasteiger partial charge in [0.1, 0.15) is 5.70 Å². The summed E-state index contributed by atoms with van der Waals surface area (Å²) in [6.07, 6.45) is 0. The number of anilines is 1. The number of non-ortho nitro benzene ring substituents is 1. The van der Waals surface area contributed by atoms with Gasteiger partial charge < -0.3 is 10.1 Å². The number of ether oxygens (including phenoxy) is 1. The van der Waals surface area contributed by atoms with Gasteiger partial charge in [-0.1, -0.05) is 17.7 Å². The molecule has 8 nitrogen and oxygen atoms in total. The molecular weight excluding hydrogens is 398 g/mol. The predicted octanol–water partition coefficient (Wildman–Crippen LogP) is 3.40. The fourth-order valence-electron chi connectivity index (χ4n) is 2.91. The number of rotatable bonds is 7. The van der Waals surface area contributed by atoms with Crippen molar-refractivity contribution in [2.24, 2.45) is 0 Å². The molecule has 0 aliphatic carbocycles. The van der Waals surface area contributed by atoms with E-state index in [0.29, 0.717) is 16.3 Å². The third-order valence-electron chi connectivity index (χ3n) is 4.50. The molecule has 1 aliphatic rings. The lowest BCUT2D eigenvalue weighted by Gasteiger charge is -2.14. The summed E-state index contributed by atoms with van der Waals surface area (Å²) in [5.74, 6) is -1.00. The average molecular weight is 416 g/mol. The predicted molar refractivity (Wildman–Crippen MR) is 108 cm³/mol. The highest BCUT2D eigenvalue weighted by Crippen LogP contribution is 2.32. The summed E-state index contributed by atoms with van der Waals surface area (Å²) in [5, 5.41) is 14.4. The van der Waals surface area contributed by atoms with Crippen molar-refractivity contribution in [1.82, 2.24) is 4.90 Å². The van der Waals surface area contributed by atoms with E-state index >= 15 is 0 Å². The topological polar surface area (TPSA) is 102 Å². The van der Waals surface area contributed by atoms with Gasteiger partial charge in [-0.3, -0.25) is 24.6 Å². The van der Waals surface area contributed by atoms with Crippen LogP contribution in [0.1, 0.15) is 11.1 Å². The van der Waals surface area contributed by atoms with E-state index in [1.807, 2.05) is 6.92 Å². The van der Waals surface area contributed by atoms with Crippen LogP contribution in [0.2, 0.25) is 5.02 Å². The molecule has 150 valence electrons. The summed E-state index contributed by atoms with van der Waals surface area (Å²) in [6, 6.07) is 10.7. The van der Waals surface area contributed by atoms with Crippen LogP contribution in [0.15, 0.2) is 48.2 Å². The zero-order chi connectivity index (χ0) is 21.1. The largest absolute Gasteiger partial charge is 0.383 e. The minimum atomic E-state index is -0.530. The maximum absolute atomic E-state index is 13.0. The van der Waals surface area contributed by atoms with Gasteiger partial charge in [0.15, 0.2) is 0 Å². The van der Waals surface area contributed by atoms with Crippen LogP contribution in [0.25, 0.3) is 5.57 Å². The Morgan fingerprint density at radius 2 is 1.83 bits per heavy atom. The molecule has 0 aromatic heterocycles. The van der Waals surface area contributed by atoms with Crippen molar-refractivity contribution >= 4 is 40.4 Å². The standard InChI is InChI=1S/C20H18ClN3O5/c1-12-3-6-14(11-16(12)21)22-18-17(13-4-7-15(8-5-13)24(27)28)19(25)23(20(18)26)9-10-29-2/h3-8,11,22H,9-10H2,1-2H3. The number of aryl methyl sites for hydroxylation is 1. The van der Waals surface area contributed by atoms with Crippen molar-refractivity contribution in [2.45, 2.75) is 6.92 Å². The number of nitrogens with zero attached hydrogens (tertiary/aromatic N) is 2. The first kappa shape index (κ1) is 20.5. The van der Waals surface area contributed by atoms with Crippen molar-refractivity contribution < 1.29 is 19.2 Å². The van der Waals surface area contributed by atoms with E-state index in [-0.39, 0.29) is 30.1 Å². The molecule has 0 spiro atoms. The van der Waals surface area contributed by atoms with E-state index in [2.05, 4.69) is 5.32 Å². The van der Waals surface area contributed by atoms with Gasteiger partial charge in [0.25, 0.3) is 17.5 Å². The van der Waals surface area contributed by atoms with Gasteiger partial charge in [0.05, 0.1) is 23.6 Å². The lowest BCUT2D eigenvalue weighted by atomic mass is 10.0. The molecule has 9 heteroatoms. The maximum atomic E-state index is 13.0. The second-order valence-corrected chi connectivity index (χ2v) is 6.80. The van der Waals surface area contributed by atoms with Crippen LogP contribution < -0.4 is 5.32 Å². The number of carbonyl (C=O) groups excluding carboxylic acids is 2. The molecule has 2 aromatic carbocycles. The van der Waals surface area contributed by atoms with Gasteiger partial charge in [-0.15, -0.1) is 0 Å². The number of imide groups is 1. The highest BCUT2D eigenvalue weighted by atomic mass is 35.5. The molecule has 0 unspecified atom stereocenters. The quantitative estimate of drug-likeness (QED) is 0.422. The first-order chi connectivity index (χ1) is 13.8. The molecule has 29 heavy (non-hydrogen) atoms. The van der Waals surface area contributed by atoms with Gasteiger partial charge in [0.2, 0.25) is 0 Å². The number of nitrogens with one attached hydrogen (secondary N) is 1. The number of amides is 2. The lowest BCUT2D eigenvalue weighted by molar-refractivity contribution is -0.384. The molecule has 1 heterocycles. The zero-order valence-corrected chi connectivity index (χ0v) is 16.5. The van der Waals surface area contributed by atoms with Crippen molar-refractivity contribution in [2.75, 3.05) is 25.6 Å². The van der Waals surface area contributed by atoms with Crippen LogP contribution in [0.5, 0.6) is 0 Å². The highest BCUT2D eigenvalue weighted by molar-refractivity contribution is 6.36. The Kier molecular flexibility index (Phi) is 5.95. The Bertz CT molecular complexity index is 1020. The summed E-state index contributed by atoms with van der Waals surface area (Å²) >= 11 is 6.16. The van der Waals surface area contributed by atoms with Gasteiger partial charge in [0, 0.05) is 30.0 Å². The van der Waals surface area contributed by atoms with Crippen molar-refractivity contribution in [1.29, 1.82) is 0 Å². The van der Waals surface area contributed by atoms with E-state index in [4.69, 9.17) is 16.3 Å². The third-order valence-corrected chi connectivity index (χ3v) is 4.90. The van der Waals surface area contributed by atoms with Crippen LogP contribution in [0, 0.1) is 17.0 Å². The Balaban J connectivity index is 2.04. The summed E-state index contributed by atoms with van der Waals surface area (Å²) < 4.78 is 4.99. The van der Waals surface area contributed by atoms with Gasteiger partial charge >= 0.3 is 0 Å². The monoisotopic (exact) mass is 415 g/mol. The summed E-state index contributed by atoms with van der Waals surface area (Å²) in [7, 11) is 1.48. The maximum Gasteiger partial charge on any atom is 0.278 e. The molecule has 2 aromatic rings. The Hall–Kier alpha value is -3.23. The van der Waals surface area contributed by atoms with E-state index < -0.39 is 16.7 Å². The molecule has 1 N–H and O–H groups in total. The molecule has 0 radical (unpaired) electrons. The number of nitro groups is 1. The van der Waals surface area contributed by atoms with E-state index in [1.54, 1.807) is 18.2 Å². The molecule has 1 aliphatic heterocycles. The van der Waals surface area contributed by atoms with E-state index in [9.17, 15) is 19.7 Å². The van der Waals surface area contributed by atoms with Crippen molar-refractivity contribution in [3.63, 3.8) is 0 Å². The minimum Gasteiger partial charge on any atom is -0.383 e. The Labute approximate surface area is 171 Å². The number of halogens is 1. The summed E-state index contributed by atoms with van der Waals surface area (Å²) in [4.78, 5) is 37.3. The highest BCUT2D eigenvalue weighted by Gasteiger charge is 2.39. The molecule has 3 rings (SSSR count). The first-order valence-corrected chi connectivity index (χ1v) is 9.08. The lowest BCUT2D eigenvalue weighted by Crippen LogP contribution is -2.35. The number of benzene rings is 2. The van der Waals surface area contributed by atoms with Crippen LogP contribution >= 0.6 is 11.6 Å². The number of carbonyl (C=O) groups is 2. The Morgan fingerprint density at radius 3 is 2.41 bits per heavy atom. The second-order valence-electron chi connectivity index (χ2n) is 6.40. The fourth-order valence-corrected chi connectivity index (χ4v) is 3.09. The van der Waals surface area contributed by atoms with Crippen molar-refractivity contribution in [3.05, 3.63) is 74.4 Å². The van der Waals surface area contributed by atoms with Crippen LogP contribution in [-0.4, -0.2) is 41.9 Å². The number of nitro benzene ring substituents is 1. The second kappa shape index (κ2) is 8.42. The molecule has 0 atom stereocenters. The van der Waals surface area contributed by atoms with Gasteiger partial charge in [-0.2, -0.15) is 0 Å². The zero-order valence-electron chi connectivity index (χ0n) is 15.8. The first-order valence-electron chi connectivity index (χ1n) is 8.71. The molecule has 0 saturated heterocycles. The van der Waals surface area contributed by atoms with E-state index in [0.717, 1.165) is 10.5 Å². The number of methoxy groups -OCH3 is 1. The van der Waals surface area contributed by atoms with Crippen LogP contribution in [-0.2, 0) is 14.3 Å². The normalized spacial score (nSPS) is 14.0. The minimum absolute atomic E-state index is 0.0832. The summed E-state index contributed by atoms with van der Waals surface area (Å²) in [5.41, 5.74) is 1.93. The molecule has 0 fully saturated rings. The fraction of sp³-hybridized carbons (Fsp3) is 0.200. The third kappa shape index (κ3) is 4.13. The smallest absolute Gasteiger partial charge is 0.278 e. The average Bonchev–Trinajstić information content (AvgIpc) is 2.93. The number of hydrogen-bond acceptors (Lipinski definition) is 6. The number of hydrogen-bond donors (Lipinski definition) is 1. The molecule has 2 amide bonds.